The maximum Gasteiger partial charge on any atom is 0.328 e. The van der Waals surface area contributed by atoms with Gasteiger partial charge in [0.05, 0.1) is 12.3 Å². The fraction of sp³-hybridized carbons (Fsp3) is 0.636. The molecule has 2 heterocycles. The Balaban J connectivity index is 2.15. The number of aryl methyl sites for hydroxylation is 1. The van der Waals surface area contributed by atoms with Crippen molar-refractivity contribution in [2.75, 3.05) is 13.2 Å². The molecule has 1 aromatic rings. The van der Waals surface area contributed by atoms with E-state index in [2.05, 4.69) is 9.59 Å². The molecule has 0 spiro atoms. The summed E-state index contributed by atoms with van der Waals surface area (Å²) in [4.78, 5) is 26.1. The van der Waals surface area contributed by atoms with Crippen LogP contribution in [-0.4, -0.2) is 45.6 Å². The van der Waals surface area contributed by atoms with Crippen LogP contribution in [0.3, 0.4) is 0 Å². The summed E-state index contributed by atoms with van der Waals surface area (Å²) >= 11 is 1.07. The number of rotatable bonds is 3. The molecule has 1 aliphatic rings. The first kappa shape index (κ1) is 12.9. The fourth-order valence-corrected chi connectivity index (χ4v) is 2.66. The third-order valence-electron chi connectivity index (χ3n) is 2.92. The predicted molar refractivity (Wildman–Crippen MR) is 65.3 cm³/mol. The van der Waals surface area contributed by atoms with E-state index in [0.717, 1.165) is 18.0 Å². The van der Waals surface area contributed by atoms with Crippen molar-refractivity contribution < 1.29 is 14.3 Å². The van der Waals surface area contributed by atoms with Crippen LogP contribution in [0, 0.1) is 6.92 Å². The van der Waals surface area contributed by atoms with Crippen molar-refractivity contribution in [2.24, 2.45) is 0 Å². The van der Waals surface area contributed by atoms with Crippen LogP contribution in [0.4, 0.5) is 0 Å². The lowest BCUT2D eigenvalue weighted by Crippen LogP contribution is -2.41. The topological polar surface area (TPSA) is 72.4 Å². The van der Waals surface area contributed by atoms with Crippen molar-refractivity contribution in [2.45, 2.75) is 32.7 Å². The van der Waals surface area contributed by atoms with Gasteiger partial charge >= 0.3 is 5.97 Å². The Morgan fingerprint density at radius 1 is 1.56 bits per heavy atom. The smallest absolute Gasteiger partial charge is 0.328 e. The van der Waals surface area contributed by atoms with Gasteiger partial charge in [-0.1, -0.05) is 4.49 Å². The highest BCUT2D eigenvalue weighted by Crippen LogP contribution is 2.23. The summed E-state index contributed by atoms with van der Waals surface area (Å²) in [5.74, 6) is -0.489. The minimum atomic E-state index is -0.459. The Labute approximate surface area is 109 Å². The zero-order chi connectivity index (χ0) is 13.1. The number of likely N-dealkylation sites (tertiary alicyclic amines) is 1. The summed E-state index contributed by atoms with van der Waals surface area (Å²) in [6.07, 6.45) is 1.48. The highest BCUT2D eigenvalue weighted by Gasteiger charge is 2.36. The average molecular weight is 269 g/mol. The van der Waals surface area contributed by atoms with Gasteiger partial charge in [-0.05, 0) is 38.2 Å². The van der Waals surface area contributed by atoms with Gasteiger partial charge in [0.15, 0.2) is 0 Å². The number of hydrogen-bond donors (Lipinski definition) is 0. The van der Waals surface area contributed by atoms with E-state index in [-0.39, 0.29) is 11.9 Å². The van der Waals surface area contributed by atoms with Crippen LogP contribution in [0.15, 0.2) is 0 Å². The lowest BCUT2D eigenvalue weighted by atomic mass is 10.2. The molecular formula is C11H15N3O3S. The number of ether oxygens (including phenoxy) is 1. The maximum atomic E-state index is 12.3. The summed E-state index contributed by atoms with van der Waals surface area (Å²) < 4.78 is 8.74. The number of carbonyl (C=O) groups excluding carboxylic acids is 2. The number of carbonyl (C=O) groups is 2. The Morgan fingerprint density at radius 3 is 2.94 bits per heavy atom. The maximum absolute atomic E-state index is 12.3. The van der Waals surface area contributed by atoms with Crippen LogP contribution in [0.1, 0.15) is 35.1 Å². The van der Waals surface area contributed by atoms with Gasteiger partial charge in [0.25, 0.3) is 5.91 Å². The normalized spacial score (nSPS) is 19.0. The first-order chi connectivity index (χ1) is 8.65. The molecule has 0 N–H and O–H groups in total. The van der Waals surface area contributed by atoms with E-state index in [9.17, 15) is 9.59 Å². The Hall–Kier alpha value is -1.50. The molecule has 0 saturated carbocycles. The third-order valence-corrected chi connectivity index (χ3v) is 3.73. The molecule has 1 amide bonds. The second kappa shape index (κ2) is 5.43. The molecule has 1 saturated heterocycles. The minimum absolute atomic E-state index is 0.168. The van der Waals surface area contributed by atoms with Crippen LogP contribution >= 0.6 is 11.5 Å². The molecule has 7 heteroatoms. The van der Waals surface area contributed by atoms with Crippen LogP contribution in [-0.2, 0) is 9.53 Å². The van der Waals surface area contributed by atoms with Gasteiger partial charge in [0, 0.05) is 6.54 Å². The molecule has 1 fully saturated rings. The molecule has 0 aliphatic carbocycles. The molecule has 1 atom stereocenters. The molecule has 6 nitrogen and oxygen atoms in total. The predicted octanol–water partition coefficient (Wildman–Crippen LogP) is 1.01. The Kier molecular flexibility index (Phi) is 3.90. The van der Waals surface area contributed by atoms with Gasteiger partial charge in [-0.3, -0.25) is 4.79 Å². The van der Waals surface area contributed by atoms with Crippen LogP contribution in [0.2, 0.25) is 0 Å². The number of nitrogens with zero attached hydrogens (tertiary/aromatic N) is 3. The van der Waals surface area contributed by atoms with Gasteiger partial charge in [-0.25, -0.2) is 4.79 Å². The molecular weight excluding hydrogens is 254 g/mol. The van der Waals surface area contributed by atoms with Crippen LogP contribution < -0.4 is 0 Å². The van der Waals surface area contributed by atoms with Crippen LogP contribution in [0.5, 0.6) is 0 Å². The molecule has 1 aromatic heterocycles. The monoisotopic (exact) mass is 269 g/mol. The van der Waals surface area contributed by atoms with Crippen molar-refractivity contribution in [3.05, 3.63) is 10.6 Å². The molecule has 0 bridgehead atoms. The van der Waals surface area contributed by atoms with E-state index in [4.69, 9.17) is 4.74 Å². The average Bonchev–Trinajstić information content (AvgIpc) is 2.96. The largest absolute Gasteiger partial charge is 0.464 e. The Morgan fingerprint density at radius 2 is 2.33 bits per heavy atom. The van der Waals surface area contributed by atoms with Crippen LogP contribution in [0.25, 0.3) is 0 Å². The van der Waals surface area contributed by atoms with E-state index in [0.29, 0.717) is 30.1 Å². The highest BCUT2D eigenvalue weighted by molar-refractivity contribution is 7.07. The number of esters is 1. The van der Waals surface area contributed by atoms with E-state index in [1.54, 1.807) is 18.7 Å². The quantitative estimate of drug-likeness (QED) is 0.766. The molecule has 1 aliphatic heterocycles. The minimum Gasteiger partial charge on any atom is -0.464 e. The van der Waals surface area contributed by atoms with E-state index < -0.39 is 6.04 Å². The zero-order valence-corrected chi connectivity index (χ0v) is 11.2. The van der Waals surface area contributed by atoms with Crippen molar-refractivity contribution in [1.82, 2.24) is 14.5 Å². The summed E-state index contributed by atoms with van der Waals surface area (Å²) in [6, 6.07) is -0.459. The van der Waals surface area contributed by atoms with Gasteiger partial charge < -0.3 is 9.64 Å². The fourth-order valence-electron chi connectivity index (χ4n) is 2.05. The zero-order valence-electron chi connectivity index (χ0n) is 10.4. The lowest BCUT2D eigenvalue weighted by Gasteiger charge is -2.22. The summed E-state index contributed by atoms with van der Waals surface area (Å²) in [5.41, 5.74) is 0.611. The Bertz CT molecular complexity index is 460. The van der Waals surface area contributed by atoms with Crippen molar-refractivity contribution in [3.8, 4) is 0 Å². The summed E-state index contributed by atoms with van der Waals surface area (Å²) in [7, 11) is 0. The molecule has 0 aromatic carbocycles. The first-order valence-electron chi connectivity index (χ1n) is 5.91. The summed E-state index contributed by atoms with van der Waals surface area (Å²) in [6.45, 7) is 4.42. The first-order valence-corrected chi connectivity index (χ1v) is 6.69. The second-order valence-corrected chi connectivity index (χ2v) is 4.85. The van der Waals surface area contributed by atoms with Crippen molar-refractivity contribution in [1.29, 1.82) is 0 Å². The van der Waals surface area contributed by atoms with Crippen molar-refractivity contribution in [3.63, 3.8) is 0 Å². The molecule has 18 heavy (non-hydrogen) atoms. The van der Waals surface area contributed by atoms with E-state index >= 15 is 0 Å². The number of amides is 1. The van der Waals surface area contributed by atoms with E-state index in [1.165, 1.54) is 0 Å². The molecule has 0 radical (unpaired) electrons. The number of hydrogen-bond acceptors (Lipinski definition) is 6. The van der Waals surface area contributed by atoms with E-state index in [1.807, 2.05) is 0 Å². The third kappa shape index (κ3) is 2.35. The van der Waals surface area contributed by atoms with Gasteiger partial charge in [-0.15, -0.1) is 5.10 Å². The standard InChI is InChI=1S/C11H15N3O3S/c1-3-17-11(16)8-5-4-6-14(8)10(15)9-7(2)12-13-18-9/h8H,3-6H2,1-2H3. The number of aromatic nitrogens is 2. The molecule has 2 rings (SSSR count). The molecule has 98 valence electrons. The highest BCUT2D eigenvalue weighted by atomic mass is 32.1. The van der Waals surface area contributed by atoms with Crippen molar-refractivity contribution >= 4 is 23.4 Å². The summed E-state index contributed by atoms with van der Waals surface area (Å²) in [5, 5.41) is 3.82. The second-order valence-electron chi connectivity index (χ2n) is 4.10. The van der Waals surface area contributed by atoms with Gasteiger partial charge in [0.1, 0.15) is 10.9 Å². The van der Waals surface area contributed by atoms with Gasteiger partial charge in [0.2, 0.25) is 0 Å². The SMILES string of the molecule is CCOC(=O)C1CCCN1C(=O)c1snnc1C. The van der Waals surface area contributed by atoms with Gasteiger partial charge in [-0.2, -0.15) is 0 Å². The lowest BCUT2D eigenvalue weighted by molar-refractivity contribution is -0.147. The molecule has 1 unspecified atom stereocenters.